The van der Waals surface area contributed by atoms with Crippen molar-refractivity contribution in [3.05, 3.63) is 34.3 Å². The Kier molecular flexibility index (Phi) is 7.79. The summed E-state index contributed by atoms with van der Waals surface area (Å²) in [6, 6.07) is 5.77. The lowest BCUT2D eigenvalue weighted by Crippen LogP contribution is -2.40. The first kappa shape index (κ1) is 23.5. The predicted octanol–water partition coefficient (Wildman–Crippen LogP) is 1.99. The summed E-state index contributed by atoms with van der Waals surface area (Å²) in [7, 11) is 3.22. The average Bonchev–Trinajstić information content (AvgIpc) is 3.48. The van der Waals surface area contributed by atoms with Gasteiger partial charge in [-0.3, -0.25) is 19.8 Å². The summed E-state index contributed by atoms with van der Waals surface area (Å²) in [6.45, 7) is 2.94. The van der Waals surface area contributed by atoms with Crippen molar-refractivity contribution >= 4 is 28.3 Å². The number of nitrogens with zero attached hydrogens (tertiary/aromatic N) is 2. The monoisotopic (exact) mass is 474 g/mol. The third-order valence-corrected chi connectivity index (χ3v) is 6.81. The van der Waals surface area contributed by atoms with Crippen molar-refractivity contribution in [2.75, 3.05) is 45.8 Å². The maximum Gasteiger partial charge on any atom is 0.255 e. The lowest BCUT2D eigenvalue weighted by molar-refractivity contribution is -0.124. The molecule has 2 aliphatic heterocycles. The molecule has 2 amide bonds. The number of fused-ring (bicyclic) bond motifs is 1. The van der Waals surface area contributed by atoms with E-state index >= 15 is 0 Å². The number of carbonyl (C=O) groups excluding carboxylic acids is 2. The summed E-state index contributed by atoms with van der Waals surface area (Å²) in [5.74, 6) is 1.24. The van der Waals surface area contributed by atoms with E-state index in [-0.39, 0.29) is 17.9 Å². The Balaban J connectivity index is 1.22. The van der Waals surface area contributed by atoms with Crippen LogP contribution in [0.15, 0.2) is 18.2 Å². The van der Waals surface area contributed by atoms with Gasteiger partial charge in [-0.1, -0.05) is 6.07 Å². The molecule has 4 rings (SSSR count). The molecule has 2 aromatic rings. The van der Waals surface area contributed by atoms with Gasteiger partial charge in [-0.05, 0) is 37.0 Å². The Hall–Kier alpha value is -2.69. The molecule has 178 valence electrons. The molecule has 2 aliphatic rings. The van der Waals surface area contributed by atoms with Gasteiger partial charge in [0, 0.05) is 37.5 Å². The fraction of sp³-hybridized carbons (Fsp3) is 0.522. The summed E-state index contributed by atoms with van der Waals surface area (Å²) in [5, 5.41) is 6.49. The van der Waals surface area contributed by atoms with Gasteiger partial charge in [-0.2, -0.15) is 0 Å². The highest BCUT2D eigenvalue weighted by atomic mass is 32.1. The number of hydrogen-bond acceptors (Lipinski definition) is 8. The van der Waals surface area contributed by atoms with E-state index in [0.717, 1.165) is 41.9 Å². The molecular weight excluding hydrogens is 444 g/mol. The smallest absolute Gasteiger partial charge is 0.255 e. The molecule has 1 atom stereocenters. The van der Waals surface area contributed by atoms with Gasteiger partial charge < -0.3 is 19.5 Å². The summed E-state index contributed by atoms with van der Waals surface area (Å²) in [4.78, 5) is 32.5. The van der Waals surface area contributed by atoms with E-state index in [2.05, 4.69) is 20.5 Å². The average molecular weight is 475 g/mol. The molecule has 1 aromatic carbocycles. The van der Waals surface area contributed by atoms with Crippen LogP contribution in [0.25, 0.3) is 0 Å². The second-order valence-electron chi connectivity index (χ2n) is 8.13. The fourth-order valence-corrected chi connectivity index (χ4v) is 5.10. The molecule has 0 spiro atoms. The van der Waals surface area contributed by atoms with Crippen molar-refractivity contribution < 1.29 is 23.8 Å². The van der Waals surface area contributed by atoms with Crippen molar-refractivity contribution in [2.24, 2.45) is 0 Å². The molecule has 1 unspecified atom stereocenters. The SMILES string of the molecule is COc1ccc(CCNC(=O)CN2CCc3nc(NC(=O)C4CCCO4)sc3C2)cc1OC. The van der Waals surface area contributed by atoms with Crippen LogP contribution in [0.1, 0.15) is 29.0 Å². The third kappa shape index (κ3) is 6.01. The van der Waals surface area contributed by atoms with Crippen LogP contribution >= 0.6 is 11.3 Å². The largest absolute Gasteiger partial charge is 0.493 e. The van der Waals surface area contributed by atoms with Gasteiger partial charge in [-0.25, -0.2) is 4.98 Å². The van der Waals surface area contributed by atoms with Crippen molar-refractivity contribution in [1.82, 2.24) is 15.2 Å². The molecule has 2 N–H and O–H groups in total. The minimum absolute atomic E-state index is 0.00431. The highest BCUT2D eigenvalue weighted by Crippen LogP contribution is 2.29. The second-order valence-corrected chi connectivity index (χ2v) is 9.21. The van der Waals surface area contributed by atoms with Crippen LogP contribution in [0, 0.1) is 0 Å². The maximum atomic E-state index is 12.5. The van der Waals surface area contributed by atoms with Gasteiger partial charge in [0.1, 0.15) is 6.10 Å². The van der Waals surface area contributed by atoms with Crippen LogP contribution < -0.4 is 20.1 Å². The summed E-state index contributed by atoms with van der Waals surface area (Å²) < 4.78 is 16.0. The number of carbonyl (C=O) groups is 2. The predicted molar refractivity (Wildman–Crippen MR) is 125 cm³/mol. The van der Waals surface area contributed by atoms with E-state index in [1.807, 2.05) is 18.2 Å². The minimum atomic E-state index is -0.370. The zero-order valence-corrected chi connectivity index (χ0v) is 19.8. The second kappa shape index (κ2) is 11.0. The molecular formula is C23H30N4O5S. The molecule has 10 heteroatoms. The van der Waals surface area contributed by atoms with Crippen LogP contribution in [0.3, 0.4) is 0 Å². The van der Waals surface area contributed by atoms with Gasteiger partial charge in [0.15, 0.2) is 16.6 Å². The highest BCUT2D eigenvalue weighted by molar-refractivity contribution is 7.15. The molecule has 1 fully saturated rings. The standard InChI is InChI=1S/C23H30N4O5S/c1-30-17-6-5-15(12-19(17)31-2)7-9-24-21(28)14-27-10-8-16-20(13-27)33-23(25-16)26-22(29)18-4-3-11-32-18/h5-6,12,18H,3-4,7-11,13-14H2,1-2H3,(H,24,28)(H,25,26,29). The normalized spacial score (nSPS) is 17.9. The summed E-state index contributed by atoms with van der Waals surface area (Å²) in [6.07, 6.45) is 2.77. The van der Waals surface area contributed by atoms with Crippen molar-refractivity contribution in [1.29, 1.82) is 0 Å². The quantitative estimate of drug-likeness (QED) is 0.573. The van der Waals surface area contributed by atoms with E-state index in [1.54, 1.807) is 14.2 Å². The Labute approximate surface area is 197 Å². The maximum absolute atomic E-state index is 12.5. The van der Waals surface area contributed by atoms with Crippen LogP contribution in [0.2, 0.25) is 0 Å². The zero-order chi connectivity index (χ0) is 23.2. The zero-order valence-electron chi connectivity index (χ0n) is 19.0. The molecule has 1 aromatic heterocycles. The van der Waals surface area contributed by atoms with Gasteiger partial charge in [0.2, 0.25) is 5.91 Å². The number of thiazole rings is 1. The molecule has 0 radical (unpaired) electrons. The molecule has 0 saturated carbocycles. The van der Waals surface area contributed by atoms with Crippen LogP contribution in [-0.4, -0.2) is 68.3 Å². The number of benzene rings is 1. The number of aromatic nitrogens is 1. The van der Waals surface area contributed by atoms with Gasteiger partial charge >= 0.3 is 0 Å². The van der Waals surface area contributed by atoms with Crippen LogP contribution in [0.5, 0.6) is 11.5 Å². The number of hydrogen-bond donors (Lipinski definition) is 2. The Bertz CT molecular complexity index is 989. The number of ether oxygens (including phenoxy) is 3. The van der Waals surface area contributed by atoms with E-state index in [9.17, 15) is 9.59 Å². The third-order valence-electron chi connectivity index (χ3n) is 5.81. The van der Waals surface area contributed by atoms with Gasteiger partial charge in [-0.15, -0.1) is 11.3 Å². The number of nitrogens with one attached hydrogen (secondary N) is 2. The Morgan fingerprint density at radius 3 is 2.88 bits per heavy atom. The number of anilines is 1. The highest BCUT2D eigenvalue weighted by Gasteiger charge is 2.26. The molecule has 0 aliphatic carbocycles. The van der Waals surface area contributed by atoms with Crippen LogP contribution in [-0.2, 0) is 33.7 Å². The lowest BCUT2D eigenvalue weighted by atomic mass is 10.1. The number of amides is 2. The molecule has 1 saturated heterocycles. The van der Waals surface area contributed by atoms with E-state index < -0.39 is 0 Å². The first-order chi connectivity index (χ1) is 16.1. The number of methoxy groups -OCH3 is 2. The van der Waals surface area contributed by atoms with Crippen molar-refractivity contribution in [3.63, 3.8) is 0 Å². The fourth-order valence-electron chi connectivity index (χ4n) is 4.05. The first-order valence-electron chi connectivity index (χ1n) is 11.2. The summed E-state index contributed by atoms with van der Waals surface area (Å²) in [5.41, 5.74) is 2.07. The summed E-state index contributed by atoms with van der Waals surface area (Å²) >= 11 is 1.48. The van der Waals surface area contributed by atoms with E-state index in [1.165, 1.54) is 11.3 Å². The lowest BCUT2D eigenvalue weighted by Gasteiger charge is -2.25. The van der Waals surface area contributed by atoms with Crippen molar-refractivity contribution in [2.45, 2.75) is 38.3 Å². The molecule has 0 bridgehead atoms. The van der Waals surface area contributed by atoms with Gasteiger partial charge in [0.25, 0.3) is 5.91 Å². The van der Waals surface area contributed by atoms with Crippen molar-refractivity contribution in [3.8, 4) is 11.5 Å². The molecule has 33 heavy (non-hydrogen) atoms. The van der Waals surface area contributed by atoms with E-state index in [0.29, 0.717) is 49.3 Å². The molecule has 3 heterocycles. The van der Waals surface area contributed by atoms with Crippen LogP contribution in [0.4, 0.5) is 5.13 Å². The Morgan fingerprint density at radius 1 is 1.27 bits per heavy atom. The van der Waals surface area contributed by atoms with Gasteiger partial charge in [0.05, 0.1) is 26.5 Å². The minimum Gasteiger partial charge on any atom is -0.493 e. The Morgan fingerprint density at radius 2 is 2.12 bits per heavy atom. The topological polar surface area (TPSA) is 102 Å². The van der Waals surface area contributed by atoms with E-state index in [4.69, 9.17) is 14.2 Å². The molecule has 9 nitrogen and oxygen atoms in total. The number of rotatable bonds is 9. The first-order valence-corrected chi connectivity index (χ1v) is 12.0.